The fourth-order valence-corrected chi connectivity index (χ4v) is 2.60. The van der Waals surface area contributed by atoms with Crippen LogP contribution >= 0.6 is 0 Å². The van der Waals surface area contributed by atoms with Gasteiger partial charge in [0.1, 0.15) is 0 Å². The number of hydrogen-bond acceptors (Lipinski definition) is 4. The van der Waals surface area contributed by atoms with Gasteiger partial charge in [0.15, 0.2) is 0 Å². The topological polar surface area (TPSA) is 63.8 Å². The Labute approximate surface area is 76.6 Å². The molecule has 1 aromatic heterocycles. The van der Waals surface area contributed by atoms with Gasteiger partial charge in [-0.15, -0.1) is 0 Å². The fraction of sp³-hybridized carbons (Fsp3) is 0.556. The Hall–Kier alpha value is -1.16. The lowest BCUT2D eigenvalue weighted by Crippen LogP contribution is -2.79. The highest BCUT2D eigenvalue weighted by atomic mass is 15.2. The predicted octanol–water partition coefficient (Wildman–Crippen LogP) is 0.522. The lowest BCUT2D eigenvalue weighted by atomic mass is 9.45. The van der Waals surface area contributed by atoms with Crippen LogP contribution in [0, 0.1) is 0 Å². The van der Waals surface area contributed by atoms with Crippen molar-refractivity contribution in [3.63, 3.8) is 0 Å². The summed E-state index contributed by atoms with van der Waals surface area (Å²) in [5.41, 5.74) is 6.32. The second-order valence-corrected chi connectivity index (χ2v) is 4.37. The molecule has 68 valence electrons. The zero-order valence-corrected chi connectivity index (χ0v) is 7.33. The van der Waals surface area contributed by atoms with Gasteiger partial charge < -0.3 is 11.1 Å². The van der Waals surface area contributed by atoms with Crippen molar-refractivity contribution in [2.45, 2.75) is 30.3 Å². The number of hydrogen-bond donors (Lipinski definition) is 2. The molecule has 3 saturated carbocycles. The molecule has 0 amide bonds. The van der Waals surface area contributed by atoms with Gasteiger partial charge in [0.25, 0.3) is 0 Å². The van der Waals surface area contributed by atoms with Crippen LogP contribution in [-0.4, -0.2) is 21.0 Å². The highest BCUT2D eigenvalue weighted by Crippen LogP contribution is 2.59. The van der Waals surface area contributed by atoms with Crippen LogP contribution in [0.15, 0.2) is 18.5 Å². The summed E-state index contributed by atoms with van der Waals surface area (Å²) in [4.78, 5) is 8.26. The van der Waals surface area contributed by atoms with Crippen LogP contribution < -0.4 is 11.1 Å². The van der Waals surface area contributed by atoms with Crippen molar-refractivity contribution in [1.29, 1.82) is 0 Å². The number of nitrogens with two attached hydrogens (primary N) is 1. The van der Waals surface area contributed by atoms with E-state index in [9.17, 15) is 0 Å². The van der Waals surface area contributed by atoms with Gasteiger partial charge in [-0.1, -0.05) is 0 Å². The molecule has 1 heterocycles. The van der Waals surface area contributed by atoms with E-state index < -0.39 is 0 Å². The summed E-state index contributed by atoms with van der Waals surface area (Å²) in [7, 11) is 0. The molecule has 1 aromatic rings. The maximum Gasteiger partial charge on any atom is 0.223 e. The molecule has 3 N–H and O–H groups in total. The van der Waals surface area contributed by atoms with Crippen LogP contribution in [-0.2, 0) is 0 Å². The van der Waals surface area contributed by atoms with Crippen molar-refractivity contribution < 1.29 is 0 Å². The molecule has 4 nitrogen and oxygen atoms in total. The maximum absolute atomic E-state index is 5.95. The summed E-state index contributed by atoms with van der Waals surface area (Å²) in [6, 6.07) is 1.82. The van der Waals surface area contributed by atoms with Crippen molar-refractivity contribution in [2.24, 2.45) is 5.73 Å². The normalized spacial score (nSPS) is 40.4. The van der Waals surface area contributed by atoms with E-state index in [1.54, 1.807) is 12.4 Å². The van der Waals surface area contributed by atoms with E-state index in [1.807, 2.05) is 6.07 Å². The van der Waals surface area contributed by atoms with Crippen LogP contribution in [0.1, 0.15) is 19.3 Å². The predicted molar refractivity (Wildman–Crippen MR) is 49.2 cm³/mol. The Balaban J connectivity index is 1.72. The molecule has 0 radical (unpaired) electrons. The monoisotopic (exact) mass is 176 g/mol. The minimum atomic E-state index is 0.141. The van der Waals surface area contributed by atoms with Crippen LogP contribution in [0.3, 0.4) is 0 Å². The molecule has 3 fully saturated rings. The molecular formula is C9H12N4. The standard InChI is InChI=1S/C9H12N4/c10-8-4-9(5-8,6-8)13-7-11-2-1-3-12-7/h1-3H,4-6,10H2,(H,11,12,13). The van der Waals surface area contributed by atoms with Crippen LogP contribution in [0.25, 0.3) is 0 Å². The van der Waals surface area contributed by atoms with Gasteiger partial charge in [0.2, 0.25) is 5.95 Å². The number of aromatic nitrogens is 2. The van der Waals surface area contributed by atoms with E-state index in [-0.39, 0.29) is 11.1 Å². The van der Waals surface area contributed by atoms with Gasteiger partial charge in [0, 0.05) is 23.5 Å². The third-order valence-corrected chi connectivity index (χ3v) is 3.01. The first-order valence-corrected chi connectivity index (χ1v) is 4.54. The van der Waals surface area contributed by atoms with Gasteiger partial charge in [-0.25, -0.2) is 9.97 Å². The highest BCUT2D eigenvalue weighted by molar-refractivity contribution is 5.41. The minimum absolute atomic E-state index is 0.141. The second-order valence-electron chi connectivity index (χ2n) is 4.37. The zero-order valence-electron chi connectivity index (χ0n) is 7.33. The van der Waals surface area contributed by atoms with Gasteiger partial charge >= 0.3 is 0 Å². The minimum Gasteiger partial charge on any atom is -0.349 e. The summed E-state index contributed by atoms with van der Waals surface area (Å²) >= 11 is 0. The molecule has 0 unspecified atom stereocenters. The molecular weight excluding hydrogens is 164 g/mol. The fourth-order valence-electron chi connectivity index (χ4n) is 2.60. The van der Waals surface area contributed by atoms with Gasteiger partial charge in [0.05, 0.1) is 0 Å². The largest absolute Gasteiger partial charge is 0.349 e. The first kappa shape index (κ1) is 7.26. The Morgan fingerprint density at radius 1 is 1.23 bits per heavy atom. The summed E-state index contributed by atoms with van der Waals surface area (Å²) in [6.45, 7) is 0. The average molecular weight is 176 g/mol. The molecule has 0 aliphatic heterocycles. The van der Waals surface area contributed by atoms with E-state index in [0.717, 1.165) is 25.2 Å². The number of nitrogens with zero attached hydrogens (tertiary/aromatic N) is 2. The van der Waals surface area contributed by atoms with E-state index >= 15 is 0 Å². The Morgan fingerprint density at radius 2 is 1.85 bits per heavy atom. The zero-order chi connectivity index (χ0) is 8.94. The molecule has 4 heteroatoms. The van der Waals surface area contributed by atoms with E-state index in [1.165, 1.54) is 0 Å². The second kappa shape index (κ2) is 2.01. The third kappa shape index (κ3) is 0.951. The number of anilines is 1. The quantitative estimate of drug-likeness (QED) is 0.689. The van der Waals surface area contributed by atoms with Gasteiger partial charge in [-0.2, -0.15) is 0 Å². The number of nitrogens with one attached hydrogen (secondary N) is 1. The Kier molecular flexibility index (Phi) is 1.12. The van der Waals surface area contributed by atoms with E-state index in [4.69, 9.17) is 5.73 Å². The summed E-state index contributed by atoms with van der Waals surface area (Å²) < 4.78 is 0. The van der Waals surface area contributed by atoms with Crippen molar-refractivity contribution in [2.75, 3.05) is 5.32 Å². The van der Waals surface area contributed by atoms with Gasteiger partial charge in [-0.3, -0.25) is 0 Å². The third-order valence-electron chi connectivity index (χ3n) is 3.01. The summed E-state index contributed by atoms with van der Waals surface area (Å²) in [6.07, 6.45) is 6.70. The molecule has 3 aliphatic rings. The van der Waals surface area contributed by atoms with Crippen molar-refractivity contribution in [1.82, 2.24) is 9.97 Å². The Bertz CT molecular complexity index is 315. The highest BCUT2D eigenvalue weighted by Gasteiger charge is 2.66. The van der Waals surface area contributed by atoms with Crippen molar-refractivity contribution >= 4 is 5.95 Å². The summed E-state index contributed by atoms with van der Waals surface area (Å²) in [5, 5.41) is 3.34. The van der Waals surface area contributed by atoms with E-state index in [0.29, 0.717) is 0 Å². The maximum atomic E-state index is 5.95. The summed E-state index contributed by atoms with van der Waals surface area (Å²) in [5.74, 6) is 0.726. The van der Waals surface area contributed by atoms with Crippen LogP contribution in [0.4, 0.5) is 5.95 Å². The first-order valence-electron chi connectivity index (χ1n) is 4.54. The van der Waals surface area contributed by atoms with Crippen molar-refractivity contribution in [3.8, 4) is 0 Å². The van der Waals surface area contributed by atoms with Crippen LogP contribution in [0.5, 0.6) is 0 Å². The lowest BCUT2D eigenvalue weighted by Gasteiger charge is -2.68. The average Bonchev–Trinajstić information content (AvgIpc) is 2.02. The molecule has 0 saturated heterocycles. The first-order chi connectivity index (χ1) is 6.20. The lowest BCUT2D eigenvalue weighted by molar-refractivity contribution is -0.0323. The molecule has 3 aliphatic carbocycles. The Morgan fingerprint density at radius 3 is 2.38 bits per heavy atom. The van der Waals surface area contributed by atoms with Gasteiger partial charge in [-0.05, 0) is 25.3 Å². The van der Waals surface area contributed by atoms with E-state index in [2.05, 4.69) is 15.3 Å². The molecule has 13 heavy (non-hydrogen) atoms. The molecule has 0 aromatic carbocycles. The van der Waals surface area contributed by atoms with Crippen LogP contribution in [0.2, 0.25) is 0 Å². The molecule has 0 spiro atoms. The molecule has 0 atom stereocenters. The SMILES string of the molecule is NC12CC(Nc3ncccn3)(C1)C2. The number of rotatable bonds is 2. The smallest absolute Gasteiger partial charge is 0.223 e. The molecule has 4 rings (SSSR count). The van der Waals surface area contributed by atoms with Crippen molar-refractivity contribution in [3.05, 3.63) is 18.5 Å². The molecule has 2 bridgehead atoms.